The van der Waals surface area contributed by atoms with Gasteiger partial charge in [0.15, 0.2) is 12.4 Å². The van der Waals surface area contributed by atoms with Crippen molar-refractivity contribution in [3.8, 4) is 5.75 Å². The molecule has 2 rings (SSSR count). The average molecular weight is 326 g/mol. The third-order valence-electron chi connectivity index (χ3n) is 3.17. The van der Waals surface area contributed by atoms with Gasteiger partial charge in [0.1, 0.15) is 5.75 Å². The summed E-state index contributed by atoms with van der Waals surface area (Å²) in [6.07, 6.45) is 0. The summed E-state index contributed by atoms with van der Waals surface area (Å²) < 4.78 is 5.33. The van der Waals surface area contributed by atoms with Gasteiger partial charge in [0, 0.05) is 12.6 Å². The van der Waals surface area contributed by atoms with Crippen LogP contribution in [-0.2, 0) is 4.79 Å². The van der Waals surface area contributed by atoms with Gasteiger partial charge in [-0.15, -0.1) is 0 Å². The number of halogens is 1. The molecule has 0 bridgehead atoms. The Bertz CT molecular complexity index is 527. The summed E-state index contributed by atoms with van der Waals surface area (Å²) in [5.41, 5.74) is 1.23. The van der Waals surface area contributed by atoms with E-state index in [2.05, 4.69) is 15.9 Å². The van der Waals surface area contributed by atoms with Gasteiger partial charge in [-0.05, 0) is 24.1 Å². The molecule has 1 amide bonds. The van der Waals surface area contributed by atoms with Crippen LogP contribution in [0.3, 0.4) is 0 Å². The van der Waals surface area contributed by atoms with Gasteiger partial charge in [0.25, 0.3) is 5.91 Å². The Kier molecular flexibility index (Phi) is 3.94. The fraction of sp³-hybridized carbons (Fsp3) is 0.429. The summed E-state index contributed by atoms with van der Waals surface area (Å²) in [5.74, 6) is 0.744. The van der Waals surface area contributed by atoms with Crippen LogP contribution in [0.15, 0.2) is 18.2 Å². The summed E-state index contributed by atoms with van der Waals surface area (Å²) in [6, 6.07) is 5.19. The number of fused-ring (bicyclic) bond motifs is 1. The molecule has 1 aliphatic rings. The van der Waals surface area contributed by atoms with Gasteiger partial charge in [-0.3, -0.25) is 9.59 Å². The maximum atomic E-state index is 12.3. The third-order valence-corrected chi connectivity index (χ3v) is 4.64. The van der Waals surface area contributed by atoms with Crippen molar-refractivity contribution in [2.24, 2.45) is 5.92 Å². The molecule has 1 aromatic carbocycles. The minimum Gasteiger partial charge on any atom is -0.482 e. The van der Waals surface area contributed by atoms with Crippen molar-refractivity contribution >= 4 is 33.3 Å². The van der Waals surface area contributed by atoms with Gasteiger partial charge in [-0.1, -0.05) is 29.8 Å². The van der Waals surface area contributed by atoms with Gasteiger partial charge >= 0.3 is 0 Å². The molecule has 1 aliphatic heterocycles. The number of likely N-dealkylation sites (N-methyl/N-ethyl adjacent to an activating group) is 1. The summed E-state index contributed by atoms with van der Waals surface area (Å²) in [4.78, 5) is 25.2. The first-order valence-electron chi connectivity index (χ1n) is 6.13. The van der Waals surface area contributed by atoms with E-state index in [0.717, 1.165) is 0 Å². The number of nitrogens with zero attached hydrogens (tertiary/aromatic N) is 1. The topological polar surface area (TPSA) is 46.6 Å². The third kappa shape index (κ3) is 2.66. The van der Waals surface area contributed by atoms with Crippen molar-refractivity contribution in [1.29, 1.82) is 0 Å². The van der Waals surface area contributed by atoms with E-state index < -0.39 is 0 Å². The Morgan fingerprint density at radius 2 is 2.11 bits per heavy atom. The van der Waals surface area contributed by atoms with Gasteiger partial charge in [0.2, 0.25) is 0 Å². The molecule has 1 atom stereocenters. The molecule has 4 nitrogen and oxygen atoms in total. The van der Waals surface area contributed by atoms with Crippen LogP contribution in [0.2, 0.25) is 0 Å². The Hall–Kier alpha value is -1.36. The molecule has 19 heavy (non-hydrogen) atoms. The maximum absolute atomic E-state index is 12.3. The van der Waals surface area contributed by atoms with Gasteiger partial charge in [-0.25, -0.2) is 0 Å². The van der Waals surface area contributed by atoms with Crippen molar-refractivity contribution in [3.63, 3.8) is 0 Å². The average Bonchev–Trinajstić information content (AvgIpc) is 2.41. The van der Waals surface area contributed by atoms with E-state index in [9.17, 15) is 9.59 Å². The van der Waals surface area contributed by atoms with Crippen molar-refractivity contribution in [1.82, 2.24) is 0 Å². The molecule has 0 fully saturated rings. The first-order valence-corrected chi connectivity index (χ1v) is 7.05. The van der Waals surface area contributed by atoms with Crippen LogP contribution in [-0.4, -0.2) is 30.2 Å². The number of Topliss-reactive ketones (excluding diaryl/α,β-unsaturated/α-hetero) is 1. The number of benzene rings is 1. The summed E-state index contributed by atoms with van der Waals surface area (Å²) in [6.45, 7) is 4.01. The monoisotopic (exact) mass is 325 g/mol. The first-order chi connectivity index (χ1) is 8.91. The van der Waals surface area contributed by atoms with E-state index in [0.29, 0.717) is 17.0 Å². The zero-order valence-corrected chi connectivity index (χ0v) is 12.7. The Morgan fingerprint density at radius 1 is 1.42 bits per heavy atom. The number of hydrogen-bond acceptors (Lipinski definition) is 3. The van der Waals surface area contributed by atoms with Crippen molar-refractivity contribution in [3.05, 3.63) is 23.8 Å². The number of hydrogen-bond donors (Lipinski definition) is 0. The molecule has 0 saturated heterocycles. The SMILES string of the molecule is CC(C)C(Br)C(=O)c1ccc2c(c1)N(C)C(=O)CO2. The molecule has 0 aromatic heterocycles. The summed E-state index contributed by atoms with van der Waals surface area (Å²) in [5, 5.41) is 0. The summed E-state index contributed by atoms with van der Waals surface area (Å²) >= 11 is 3.41. The zero-order valence-electron chi connectivity index (χ0n) is 11.1. The lowest BCUT2D eigenvalue weighted by atomic mass is 10.00. The number of anilines is 1. The molecular formula is C14H16BrNO3. The molecule has 1 heterocycles. The smallest absolute Gasteiger partial charge is 0.264 e. The highest BCUT2D eigenvalue weighted by atomic mass is 79.9. The Morgan fingerprint density at radius 3 is 2.74 bits per heavy atom. The molecule has 1 aromatic rings. The Labute approximate surface area is 120 Å². The molecule has 0 saturated carbocycles. The van der Waals surface area contributed by atoms with Crippen LogP contribution in [0.5, 0.6) is 5.75 Å². The predicted octanol–water partition coefficient (Wildman–Crippen LogP) is 2.64. The molecule has 0 radical (unpaired) electrons. The van der Waals surface area contributed by atoms with Crippen molar-refractivity contribution in [2.45, 2.75) is 18.7 Å². The summed E-state index contributed by atoms with van der Waals surface area (Å²) in [7, 11) is 1.69. The second kappa shape index (κ2) is 5.33. The zero-order chi connectivity index (χ0) is 14.2. The highest BCUT2D eigenvalue weighted by molar-refractivity contribution is 9.10. The van der Waals surface area contributed by atoms with Crippen LogP contribution in [0.4, 0.5) is 5.69 Å². The van der Waals surface area contributed by atoms with Gasteiger partial charge in [-0.2, -0.15) is 0 Å². The molecule has 0 aliphatic carbocycles. The normalized spacial score (nSPS) is 16.1. The van der Waals surface area contributed by atoms with Gasteiger partial charge in [0.05, 0.1) is 10.5 Å². The number of carbonyl (C=O) groups is 2. The second-order valence-electron chi connectivity index (χ2n) is 4.93. The highest BCUT2D eigenvalue weighted by Crippen LogP contribution is 2.33. The number of amides is 1. The van der Waals surface area contributed by atoms with E-state index in [4.69, 9.17) is 4.74 Å². The lowest BCUT2D eigenvalue weighted by Gasteiger charge is -2.26. The van der Waals surface area contributed by atoms with Crippen LogP contribution in [0.1, 0.15) is 24.2 Å². The molecule has 0 N–H and O–H groups in total. The van der Waals surface area contributed by atoms with Crippen LogP contribution >= 0.6 is 15.9 Å². The van der Waals surface area contributed by atoms with E-state index in [1.165, 1.54) is 4.90 Å². The number of ether oxygens (including phenoxy) is 1. The van der Waals surface area contributed by atoms with Crippen LogP contribution in [0.25, 0.3) is 0 Å². The quantitative estimate of drug-likeness (QED) is 0.634. The number of alkyl halides is 1. The van der Waals surface area contributed by atoms with E-state index in [-0.39, 0.29) is 29.0 Å². The van der Waals surface area contributed by atoms with Gasteiger partial charge < -0.3 is 9.64 Å². The number of rotatable bonds is 3. The highest BCUT2D eigenvalue weighted by Gasteiger charge is 2.25. The van der Waals surface area contributed by atoms with Crippen molar-refractivity contribution in [2.75, 3.05) is 18.6 Å². The molecule has 102 valence electrons. The standard InChI is InChI=1S/C14H16BrNO3/c1-8(2)13(15)14(18)9-4-5-11-10(6-9)16(3)12(17)7-19-11/h4-6,8,13H,7H2,1-3H3. The Balaban J connectivity index is 2.35. The molecule has 5 heteroatoms. The van der Waals surface area contributed by atoms with E-state index in [1.807, 2.05) is 13.8 Å². The number of carbonyl (C=O) groups excluding carboxylic acids is 2. The second-order valence-corrected chi connectivity index (χ2v) is 5.92. The number of ketones is 1. The largest absolute Gasteiger partial charge is 0.482 e. The van der Waals surface area contributed by atoms with Crippen LogP contribution < -0.4 is 9.64 Å². The van der Waals surface area contributed by atoms with E-state index >= 15 is 0 Å². The molecular weight excluding hydrogens is 310 g/mol. The fourth-order valence-corrected chi connectivity index (χ4v) is 2.15. The maximum Gasteiger partial charge on any atom is 0.264 e. The minimum atomic E-state index is -0.226. The molecule has 0 spiro atoms. The van der Waals surface area contributed by atoms with E-state index in [1.54, 1.807) is 25.2 Å². The lowest BCUT2D eigenvalue weighted by molar-refractivity contribution is -0.120. The van der Waals surface area contributed by atoms with Crippen molar-refractivity contribution < 1.29 is 14.3 Å². The molecule has 1 unspecified atom stereocenters. The minimum absolute atomic E-state index is 0.0178. The lowest BCUT2D eigenvalue weighted by Crippen LogP contribution is -2.35. The first kappa shape index (κ1) is 14.1. The fourth-order valence-electron chi connectivity index (χ4n) is 1.89. The van der Waals surface area contributed by atoms with Crippen LogP contribution in [0, 0.1) is 5.92 Å². The predicted molar refractivity (Wildman–Crippen MR) is 77.2 cm³/mol.